The van der Waals surface area contributed by atoms with E-state index in [4.69, 9.17) is 11.6 Å². The van der Waals surface area contributed by atoms with Gasteiger partial charge >= 0.3 is 0 Å². The Morgan fingerprint density at radius 2 is 1.79 bits per heavy atom. The number of aryl methyl sites for hydroxylation is 1. The smallest absolute Gasteiger partial charge is 0.152 e. The Morgan fingerprint density at radius 3 is 2.50 bits per heavy atom. The van der Waals surface area contributed by atoms with Gasteiger partial charge in [-0.15, -0.1) is 5.10 Å². The van der Waals surface area contributed by atoms with Crippen molar-refractivity contribution in [2.24, 2.45) is 0 Å². The van der Waals surface area contributed by atoms with Gasteiger partial charge in [0.2, 0.25) is 0 Å². The molecular weight excluding hydrogens is 196 g/mol. The number of benzene rings is 1. The summed E-state index contributed by atoms with van der Waals surface area (Å²) in [4.78, 5) is 0. The van der Waals surface area contributed by atoms with Gasteiger partial charge in [0.1, 0.15) is 0 Å². The third kappa shape index (κ3) is 1.75. The minimum atomic E-state index is 0.425. The lowest BCUT2D eigenvalue weighted by Gasteiger charge is -2.03. The molecule has 0 bridgehead atoms. The molecule has 0 fully saturated rings. The molecule has 1 aromatic carbocycles. The molecule has 0 amide bonds. The monoisotopic (exact) mass is 204 g/mol. The fourth-order valence-electron chi connectivity index (χ4n) is 1.34. The third-order valence-corrected chi connectivity index (χ3v) is 2.22. The lowest BCUT2D eigenvalue weighted by atomic mass is 10.1. The van der Waals surface area contributed by atoms with Crippen LogP contribution >= 0.6 is 11.6 Å². The van der Waals surface area contributed by atoms with E-state index in [2.05, 4.69) is 10.2 Å². The van der Waals surface area contributed by atoms with Gasteiger partial charge in [0, 0.05) is 5.56 Å². The van der Waals surface area contributed by atoms with Crippen LogP contribution in [0.4, 0.5) is 0 Å². The zero-order valence-corrected chi connectivity index (χ0v) is 8.49. The van der Waals surface area contributed by atoms with Gasteiger partial charge in [-0.25, -0.2) is 0 Å². The van der Waals surface area contributed by atoms with Gasteiger partial charge < -0.3 is 0 Å². The van der Waals surface area contributed by atoms with Crippen molar-refractivity contribution in [1.82, 2.24) is 10.2 Å². The molecule has 3 heteroatoms. The summed E-state index contributed by atoms with van der Waals surface area (Å²) in [5.74, 6) is 0. The van der Waals surface area contributed by atoms with Gasteiger partial charge in [0.25, 0.3) is 0 Å². The Balaban J connectivity index is 2.57. The van der Waals surface area contributed by atoms with Gasteiger partial charge in [0.15, 0.2) is 5.15 Å². The quantitative estimate of drug-likeness (QED) is 0.714. The Labute approximate surface area is 87.6 Å². The molecule has 0 saturated carbocycles. The summed E-state index contributed by atoms with van der Waals surface area (Å²) in [6, 6.07) is 11.8. The predicted molar refractivity (Wildman–Crippen MR) is 57.2 cm³/mol. The fourth-order valence-corrected chi connectivity index (χ4v) is 1.49. The number of aromatic nitrogens is 2. The van der Waals surface area contributed by atoms with Crippen molar-refractivity contribution in [3.63, 3.8) is 0 Å². The van der Waals surface area contributed by atoms with Gasteiger partial charge in [-0.2, -0.15) is 5.10 Å². The first-order valence-corrected chi connectivity index (χ1v) is 4.70. The summed E-state index contributed by atoms with van der Waals surface area (Å²) in [6.07, 6.45) is 0. The molecule has 2 rings (SSSR count). The summed E-state index contributed by atoms with van der Waals surface area (Å²) in [6.45, 7) is 1.92. The van der Waals surface area contributed by atoms with Crippen LogP contribution in [-0.4, -0.2) is 10.2 Å². The normalized spacial score (nSPS) is 10.1. The van der Waals surface area contributed by atoms with Crippen molar-refractivity contribution >= 4 is 11.6 Å². The van der Waals surface area contributed by atoms with E-state index in [1.807, 2.05) is 43.3 Å². The highest BCUT2D eigenvalue weighted by molar-refractivity contribution is 6.29. The largest absolute Gasteiger partial charge is 0.154 e. The molecule has 0 spiro atoms. The first-order chi connectivity index (χ1) is 6.77. The highest BCUT2D eigenvalue weighted by Gasteiger charge is 2.03. The number of nitrogens with zero attached hydrogens (tertiary/aromatic N) is 2. The molecule has 0 aliphatic heterocycles. The van der Waals surface area contributed by atoms with Crippen LogP contribution in [0.5, 0.6) is 0 Å². The zero-order valence-electron chi connectivity index (χ0n) is 7.74. The lowest BCUT2D eigenvalue weighted by molar-refractivity contribution is 0.984. The third-order valence-electron chi connectivity index (χ3n) is 2.03. The van der Waals surface area contributed by atoms with Crippen LogP contribution in [0.25, 0.3) is 11.1 Å². The van der Waals surface area contributed by atoms with Crippen molar-refractivity contribution in [2.75, 3.05) is 0 Å². The van der Waals surface area contributed by atoms with Gasteiger partial charge in [-0.3, -0.25) is 0 Å². The average Bonchev–Trinajstić information content (AvgIpc) is 2.23. The Kier molecular flexibility index (Phi) is 2.46. The predicted octanol–water partition coefficient (Wildman–Crippen LogP) is 3.11. The van der Waals surface area contributed by atoms with Crippen LogP contribution in [0.2, 0.25) is 5.15 Å². The maximum atomic E-state index is 5.79. The summed E-state index contributed by atoms with van der Waals surface area (Å²) in [5.41, 5.74) is 3.04. The van der Waals surface area contributed by atoms with Crippen molar-refractivity contribution in [3.8, 4) is 11.1 Å². The van der Waals surface area contributed by atoms with Gasteiger partial charge in [-0.1, -0.05) is 41.9 Å². The number of hydrogen-bond donors (Lipinski definition) is 0. The van der Waals surface area contributed by atoms with E-state index >= 15 is 0 Å². The number of halogens is 1. The number of rotatable bonds is 1. The Bertz CT molecular complexity index is 440. The molecule has 1 aromatic heterocycles. The van der Waals surface area contributed by atoms with Gasteiger partial charge in [-0.05, 0) is 18.6 Å². The topological polar surface area (TPSA) is 25.8 Å². The van der Waals surface area contributed by atoms with Crippen molar-refractivity contribution < 1.29 is 0 Å². The minimum Gasteiger partial charge on any atom is -0.154 e. The van der Waals surface area contributed by atoms with E-state index in [0.717, 1.165) is 16.8 Å². The molecule has 1 heterocycles. The standard InChI is InChI=1S/C11H9ClN2/c1-8-10(7-11(12)14-13-8)9-5-3-2-4-6-9/h2-7H,1H3. The van der Waals surface area contributed by atoms with Crippen molar-refractivity contribution in [1.29, 1.82) is 0 Å². The van der Waals surface area contributed by atoms with E-state index in [1.165, 1.54) is 0 Å². The van der Waals surface area contributed by atoms with Crippen molar-refractivity contribution in [2.45, 2.75) is 6.92 Å². The summed E-state index contributed by atoms with van der Waals surface area (Å²) in [5, 5.41) is 8.18. The molecule has 0 radical (unpaired) electrons. The van der Waals surface area contributed by atoms with Crippen LogP contribution in [-0.2, 0) is 0 Å². The van der Waals surface area contributed by atoms with E-state index in [-0.39, 0.29) is 0 Å². The summed E-state index contributed by atoms with van der Waals surface area (Å²) < 4.78 is 0. The Hall–Kier alpha value is -1.41. The zero-order chi connectivity index (χ0) is 9.97. The van der Waals surface area contributed by atoms with Crippen LogP contribution in [0.3, 0.4) is 0 Å². The molecule has 0 aliphatic carbocycles. The minimum absolute atomic E-state index is 0.425. The first kappa shape index (κ1) is 9.16. The average molecular weight is 205 g/mol. The van der Waals surface area contributed by atoms with Crippen molar-refractivity contribution in [3.05, 3.63) is 47.2 Å². The Morgan fingerprint density at radius 1 is 1.07 bits per heavy atom. The first-order valence-electron chi connectivity index (χ1n) is 4.32. The maximum absolute atomic E-state index is 5.79. The summed E-state index contributed by atoms with van der Waals surface area (Å²) >= 11 is 5.79. The van der Waals surface area contributed by atoms with Gasteiger partial charge in [0.05, 0.1) is 5.69 Å². The van der Waals surface area contributed by atoms with Crippen LogP contribution < -0.4 is 0 Å². The second-order valence-corrected chi connectivity index (χ2v) is 3.42. The highest BCUT2D eigenvalue weighted by Crippen LogP contribution is 2.22. The molecule has 0 atom stereocenters. The molecule has 0 aliphatic rings. The molecule has 0 N–H and O–H groups in total. The van der Waals surface area contributed by atoms with E-state index in [0.29, 0.717) is 5.15 Å². The second kappa shape index (κ2) is 3.76. The molecule has 2 nitrogen and oxygen atoms in total. The lowest BCUT2D eigenvalue weighted by Crippen LogP contribution is -1.91. The molecule has 0 unspecified atom stereocenters. The van der Waals surface area contributed by atoms with E-state index in [1.54, 1.807) is 0 Å². The maximum Gasteiger partial charge on any atom is 0.152 e. The molecule has 2 aromatic rings. The van der Waals surface area contributed by atoms with E-state index < -0.39 is 0 Å². The second-order valence-electron chi connectivity index (χ2n) is 3.03. The number of hydrogen-bond acceptors (Lipinski definition) is 2. The van der Waals surface area contributed by atoms with E-state index in [9.17, 15) is 0 Å². The molecular formula is C11H9ClN2. The van der Waals surface area contributed by atoms with Crippen LogP contribution in [0.1, 0.15) is 5.69 Å². The fraction of sp³-hybridized carbons (Fsp3) is 0.0909. The molecule has 0 saturated heterocycles. The molecule has 70 valence electrons. The molecule has 14 heavy (non-hydrogen) atoms. The SMILES string of the molecule is Cc1nnc(Cl)cc1-c1ccccc1. The summed E-state index contributed by atoms with van der Waals surface area (Å²) in [7, 11) is 0. The van der Waals surface area contributed by atoms with Crippen LogP contribution in [0, 0.1) is 6.92 Å². The van der Waals surface area contributed by atoms with Crippen LogP contribution in [0.15, 0.2) is 36.4 Å². The highest BCUT2D eigenvalue weighted by atomic mass is 35.5.